The number of piperazine rings is 1. The van der Waals surface area contributed by atoms with Crippen molar-refractivity contribution >= 4 is 17.8 Å². The van der Waals surface area contributed by atoms with Gasteiger partial charge < -0.3 is 20.0 Å². The third-order valence-corrected chi connectivity index (χ3v) is 4.97. The number of carboxylic acids is 1. The highest BCUT2D eigenvalue weighted by atomic mass is 16.4. The Morgan fingerprint density at radius 2 is 1.54 bits per heavy atom. The maximum Gasteiger partial charge on any atom is 0.303 e. The van der Waals surface area contributed by atoms with Gasteiger partial charge in [0.1, 0.15) is 0 Å². The van der Waals surface area contributed by atoms with Gasteiger partial charge in [-0.25, -0.2) is 0 Å². The molecule has 2 amide bonds. The zero-order valence-corrected chi connectivity index (χ0v) is 14.2. The highest BCUT2D eigenvalue weighted by Crippen LogP contribution is 2.20. The quantitative estimate of drug-likeness (QED) is 0.706. The molecule has 8 nitrogen and oxygen atoms in total. The van der Waals surface area contributed by atoms with E-state index in [1.54, 1.807) is 16.7 Å². The lowest BCUT2D eigenvalue weighted by Gasteiger charge is -2.40. The van der Waals surface area contributed by atoms with E-state index in [0.717, 1.165) is 13.1 Å². The fourth-order valence-corrected chi connectivity index (χ4v) is 3.49. The van der Waals surface area contributed by atoms with Gasteiger partial charge in [0.25, 0.3) is 0 Å². The molecule has 0 aromatic heterocycles. The minimum Gasteiger partial charge on any atom is -0.481 e. The Morgan fingerprint density at radius 3 is 2.12 bits per heavy atom. The number of hydrogen-bond acceptors (Lipinski definition) is 5. The number of likely N-dealkylation sites (tertiary alicyclic amines) is 1. The molecule has 0 radical (unpaired) electrons. The van der Waals surface area contributed by atoms with Crippen molar-refractivity contribution < 1.29 is 24.6 Å². The van der Waals surface area contributed by atoms with Crippen molar-refractivity contribution in [3.8, 4) is 0 Å². The van der Waals surface area contributed by atoms with Gasteiger partial charge >= 0.3 is 5.97 Å². The van der Waals surface area contributed by atoms with Crippen LogP contribution < -0.4 is 0 Å². The topological polar surface area (TPSA) is 101 Å². The van der Waals surface area contributed by atoms with E-state index in [9.17, 15) is 19.5 Å². The molecule has 2 rings (SSSR count). The molecule has 0 aromatic carbocycles. The summed E-state index contributed by atoms with van der Waals surface area (Å²) in [5, 5.41) is 19.1. The molecule has 0 bridgehead atoms. The third-order valence-electron chi connectivity index (χ3n) is 4.97. The fourth-order valence-electron chi connectivity index (χ4n) is 3.49. The van der Waals surface area contributed by atoms with Crippen LogP contribution in [0.25, 0.3) is 0 Å². The van der Waals surface area contributed by atoms with Crippen molar-refractivity contribution in [1.82, 2.24) is 14.7 Å². The SMILES string of the molecule is CC(=O)N1CCN([C@H]2CCN(C(=O)CCC(=O)O)CC[C@@H]2O)CC1. The zero-order chi connectivity index (χ0) is 17.7. The number of aliphatic hydroxyl groups excluding tert-OH is 1. The van der Waals surface area contributed by atoms with E-state index in [4.69, 9.17) is 5.11 Å². The number of carbonyl (C=O) groups is 3. The van der Waals surface area contributed by atoms with Crippen molar-refractivity contribution in [2.24, 2.45) is 0 Å². The minimum absolute atomic E-state index is 0.00732. The molecule has 2 fully saturated rings. The van der Waals surface area contributed by atoms with Gasteiger partial charge in [-0.05, 0) is 12.8 Å². The first-order valence-corrected chi connectivity index (χ1v) is 8.55. The number of carboxylic acid groups (broad SMARTS) is 1. The smallest absolute Gasteiger partial charge is 0.303 e. The number of aliphatic hydroxyl groups is 1. The number of rotatable bonds is 4. The van der Waals surface area contributed by atoms with Gasteiger partial charge in [0.2, 0.25) is 11.8 Å². The Balaban J connectivity index is 1.87. The number of aliphatic carboxylic acids is 1. The minimum atomic E-state index is -0.973. The van der Waals surface area contributed by atoms with Gasteiger partial charge in [-0.3, -0.25) is 19.3 Å². The van der Waals surface area contributed by atoms with E-state index in [-0.39, 0.29) is 30.7 Å². The molecule has 2 N–H and O–H groups in total. The van der Waals surface area contributed by atoms with Gasteiger partial charge in [-0.15, -0.1) is 0 Å². The molecular formula is C16H27N3O5. The maximum atomic E-state index is 12.1. The van der Waals surface area contributed by atoms with Crippen LogP contribution in [0.3, 0.4) is 0 Å². The summed E-state index contributed by atoms with van der Waals surface area (Å²) in [5.74, 6) is -1.06. The summed E-state index contributed by atoms with van der Waals surface area (Å²) in [4.78, 5) is 39.8. The summed E-state index contributed by atoms with van der Waals surface area (Å²) in [7, 11) is 0. The zero-order valence-electron chi connectivity index (χ0n) is 14.2. The van der Waals surface area contributed by atoms with Crippen LogP contribution in [0.1, 0.15) is 32.6 Å². The molecule has 0 aliphatic carbocycles. The predicted molar refractivity (Wildman–Crippen MR) is 86.3 cm³/mol. The fraction of sp³-hybridized carbons (Fsp3) is 0.812. The number of hydrogen-bond donors (Lipinski definition) is 2. The molecule has 2 aliphatic heterocycles. The lowest BCUT2D eigenvalue weighted by molar-refractivity contribution is -0.140. The third kappa shape index (κ3) is 4.91. The summed E-state index contributed by atoms with van der Waals surface area (Å²) in [6, 6.07) is -0.0172. The van der Waals surface area contributed by atoms with Crippen LogP contribution in [0.15, 0.2) is 0 Å². The van der Waals surface area contributed by atoms with Gasteiger partial charge in [-0.2, -0.15) is 0 Å². The highest BCUT2D eigenvalue weighted by Gasteiger charge is 2.33. The first kappa shape index (κ1) is 18.7. The van der Waals surface area contributed by atoms with Crippen LogP contribution in [0.2, 0.25) is 0 Å². The van der Waals surface area contributed by atoms with E-state index in [2.05, 4.69) is 4.90 Å². The molecule has 0 spiro atoms. The average molecular weight is 341 g/mol. The van der Waals surface area contributed by atoms with Gasteiger partial charge in [0, 0.05) is 58.7 Å². The average Bonchev–Trinajstić information content (AvgIpc) is 2.74. The van der Waals surface area contributed by atoms with E-state index in [0.29, 0.717) is 39.0 Å². The number of nitrogens with zero attached hydrogens (tertiary/aromatic N) is 3. The molecule has 2 aliphatic rings. The van der Waals surface area contributed by atoms with Crippen LogP contribution in [0, 0.1) is 0 Å². The molecule has 24 heavy (non-hydrogen) atoms. The molecular weight excluding hydrogens is 314 g/mol. The first-order valence-electron chi connectivity index (χ1n) is 8.55. The molecule has 2 saturated heterocycles. The molecule has 0 saturated carbocycles. The second-order valence-electron chi connectivity index (χ2n) is 6.53. The van der Waals surface area contributed by atoms with Crippen LogP contribution in [-0.2, 0) is 14.4 Å². The maximum absolute atomic E-state index is 12.1. The molecule has 2 heterocycles. The summed E-state index contributed by atoms with van der Waals surface area (Å²) in [5.41, 5.74) is 0. The summed E-state index contributed by atoms with van der Waals surface area (Å²) >= 11 is 0. The molecule has 136 valence electrons. The molecule has 0 unspecified atom stereocenters. The molecule has 0 aromatic rings. The van der Waals surface area contributed by atoms with Crippen molar-refractivity contribution in [3.05, 3.63) is 0 Å². The van der Waals surface area contributed by atoms with E-state index in [1.165, 1.54) is 0 Å². The normalized spacial score (nSPS) is 26.1. The Hall–Kier alpha value is -1.67. The van der Waals surface area contributed by atoms with Gasteiger partial charge in [-0.1, -0.05) is 0 Å². The van der Waals surface area contributed by atoms with Crippen molar-refractivity contribution in [2.75, 3.05) is 39.3 Å². The number of carbonyl (C=O) groups excluding carboxylic acids is 2. The lowest BCUT2D eigenvalue weighted by Crippen LogP contribution is -2.54. The van der Waals surface area contributed by atoms with Crippen molar-refractivity contribution in [2.45, 2.75) is 44.8 Å². The Kier molecular flexibility index (Phi) is 6.56. The standard InChI is InChI=1S/C16H27N3O5/c1-12(20)17-8-10-18(11-9-17)13-4-6-19(7-5-14(13)21)15(22)2-3-16(23)24/h13-14,21H,2-11H2,1H3,(H,23,24)/t13-,14-/m0/s1. The largest absolute Gasteiger partial charge is 0.481 e. The predicted octanol–water partition coefficient (Wildman–Crippen LogP) is -0.633. The molecule has 2 atom stereocenters. The van der Waals surface area contributed by atoms with E-state index >= 15 is 0 Å². The Morgan fingerprint density at radius 1 is 0.917 bits per heavy atom. The lowest BCUT2D eigenvalue weighted by atomic mass is 10.0. The Labute approximate surface area is 142 Å². The highest BCUT2D eigenvalue weighted by molar-refractivity contribution is 5.80. The van der Waals surface area contributed by atoms with E-state index in [1.807, 2.05) is 0 Å². The van der Waals surface area contributed by atoms with Crippen LogP contribution in [-0.4, -0.2) is 94.1 Å². The van der Waals surface area contributed by atoms with Crippen LogP contribution in [0.4, 0.5) is 0 Å². The van der Waals surface area contributed by atoms with Crippen molar-refractivity contribution in [1.29, 1.82) is 0 Å². The van der Waals surface area contributed by atoms with Crippen LogP contribution in [0.5, 0.6) is 0 Å². The summed E-state index contributed by atoms with van der Waals surface area (Å²) < 4.78 is 0. The van der Waals surface area contributed by atoms with Gasteiger partial charge in [0.15, 0.2) is 0 Å². The summed E-state index contributed by atoms with van der Waals surface area (Å²) in [6.07, 6.45) is 0.504. The molecule has 8 heteroatoms. The number of amides is 2. The first-order chi connectivity index (χ1) is 11.4. The summed E-state index contributed by atoms with van der Waals surface area (Å²) in [6.45, 7) is 5.36. The second-order valence-corrected chi connectivity index (χ2v) is 6.53. The Bertz CT molecular complexity index is 476. The van der Waals surface area contributed by atoms with E-state index < -0.39 is 12.1 Å². The van der Waals surface area contributed by atoms with Crippen molar-refractivity contribution in [3.63, 3.8) is 0 Å². The monoisotopic (exact) mass is 341 g/mol. The second kappa shape index (κ2) is 8.43. The van der Waals surface area contributed by atoms with Gasteiger partial charge in [0.05, 0.1) is 12.5 Å². The van der Waals surface area contributed by atoms with Crippen LogP contribution >= 0.6 is 0 Å².